The van der Waals surface area contributed by atoms with Gasteiger partial charge in [-0.25, -0.2) is 4.98 Å². The molecule has 3 aromatic rings. The van der Waals surface area contributed by atoms with Crippen LogP contribution in [0.1, 0.15) is 5.56 Å². The Hall–Kier alpha value is -1.39. The number of hydrogen-bond donors (Lipinski definition) is 1. The summed E-state index contributed by atoms with van der Waals surface area (Å²) >= 11 is 3.34. The predicted molar refractivity (Wildman–Crippen MR) is 72.1 cm³/mol. The highest BCUT2D eigenvalue weighted by atomic mass is 32.1. The van der Waals surface area contributed by atoms with Crippen molar-refractivity contribution in [3.05, 3.63) is 35.2 Å². The monoisotopic (exact) mass is 246 g/mol. The van der Waals surface area contributed by atoms with Gasteiger partial charge in [0.1, 0.15) is 5.01 Å². The van der Waals surface area contributed by atoms with Gasteiger partial charge in [0, 0.05) is 0 Å². The van der Waals surface area contributed by atoms with Crippen molar-refractivity contribution in [1.82, 2.24) is 4.98 Å². The molecule has 16 heavy (non-hydrogen) atoms. The van der Waals surface area contributed by atoms with Gasteiger partial charge in [0.05, 0.1) is 20.8 Å². The maximum atomic E-state index is 5.90. The predicted octanol–water partition coefficient (Wildman–Crippen LogP) is 3.92. The third-order valence-electron chi connectivity index (χ3n) is 2.43. The Labute approximate surface area is 101 Å². The van der Waals surface area contributed by atoms with E-state index in [2.05, 4.69) is 30.1 Å². The fraction of sp³-hybridized carbons (Fsp3) is 0.0833. The highest BCUT2D eigenvalue weighted by Gasteiger charge is 2.10. The highest BCUT2D eigenvalue weighted by molar-refractivity contribution is 7.25. The van der Waals surface area contributed by atoms with Gasteiger partial charge >= 0.3 is 0 Å². The van der Waals surface area contributed by atoms with Crippen LogP contribution in [0.5, 0.6) is 0 Å². The van der Waals surface area contributed by atoms with Gasteiger partial charge in [0.25, 0.3) is 0 Å². The third-order valence-corrected chi connectivity index (χ3v) is 4.55. The van der Waals surface area contributed by atoms with Crippen molar-refractivity contribution < 1.29 is 0 Å². The maximum Gasteiger partial charge on any atom is 0.136 e. The summed E-state index contributed by atoms with van der Waals surface area (Å²) in [5.74, 6) is 0. The lowest BCUT2D eigenvalue weighted by atomic mass is 10.2. The number of aromatic nitrogens is 1. The summed E-state index contributed by atoms with van der Waals surface area (Å²) in [5, 5.41) is 3.02. The van der Waals surface area contributed by atoms with Crippen molar-refractivity contribution in [2.45, 2.75) is 6.92 Å². The average Bonchev–Trinajstić information content (AvgIpc) is 2.82. The zero-order chi connectivity index (χ0) is 11.1. The average molecular weight is 246 g/mol. The van der Waals surface area contributed by atoms with Gasteiger partial charge in [0.15, 0.2) is 0 Å². The van der Waals surface area contributed by atoms with E-state index in [-0.39, 0.29) is 0 Å². The number of fused-ring (bicyclic) bond motifs is 1. The zero-order valence-corrected chi connectivity index (χ0v) is 10.4. The van der Waals surface area contributed by atoms with E-state index in [4.69, 9.17) is 5.73 Å². The molecule has 2 aromatic heterocycles. The molecular formula is C12H10N2S2. The minimum atomic E-state index is 0.820. The number of nitrogens with zero attached hydrogens (tertiary/aromatic N) is 1. The quantitative estimate of drug-likeness (QED) is 0.707. The minimum absolute atomic E-state index is 0.820. The van der Waals surface area contributed by atoms with Crippen LogP contribution in [0.4, 0.5) is 5.69 Å². The van der Waals surface area contributed by atoms with Crippen LogP contribution in [0.2, 0.25) is 0 Å². The normalized spacial score (nSPS) is 11.1. The Kier molecular flexibility index (Phi) is 2.19. The van der Waals surface area contributed by atoms with Crippen molar-refractivity contribution in [3.8, 4) is 9.88 Å². The smallest absolute Gasteiger partial charge is 0.136 e. The van der Waals surface area contributed by atoms with Crippen molar-refractivity contribution in [2.75, 3.05) is 5.73 Å². The van der Waals surface area contributed by atoms with E-state index < -0.39 is 0 Å². The summed E-state index contributed by atoms with van der Waals surface area (Å²) in [7, 11) is 0. The summed E-state index contributed by atoms with van der Waals surface area (Å²) in [6, 6.07) is 8.27. The molecule has 0 aliphatic carbocycles. The van der Waals surface area contributed by atoms with Crippen LogP contribution in [-0.4, -0.2) is 4.98 Å². The minimum Gasteiger partial charge on any atom is -0.397 e. The van der Waals surface area contributed by atoms with Crippen molar-refractivity contribution >= 4 is 38.6 Å². The van der Waals surface area contributed by atoms with E-state index in [9.17, 15) is 0 Å². The molecule has 0 saturated carbocycles. The van der Waals surface area contributed by atoms with E-state index in [1.165, 1.54) is 10.3 Å². The molecule has 0 aliphatic rings. The molecule has 0 spiro atoms. The second kappa shape index (κ2) is 3.57. The van der Waals surface area contributed by atoms with Gasteiger partial charge in [-0.2, -0.15) is 0 Å². The second-order valence-electron chi connectivity index (χ2n) is 3.70. The van der Waals surface area contributed by atoms with Gasteiger partial charge in [-0.1, -0.05) is 6.07 Å². The van der Waals surface area contributed by atoms with Crippen LogP contribution in [0.3, 0.4) is 0 Å². The lowest BCUT2D eigenvalue weighted by Gasteiger charge is -1.90. The number of hydrogen-bond acceptors (Lipinski definition) is 4. The fourth-order valence-electron chi connectivity index (χ4n) is 1.63. The zero-order valence-electron chi connectivity index (χ0n) is 8.73. The fourth-order valence-corrected chi connectivity index (χ4v) is 3.51. The number of anilines is 1. The van der Waals surface area contributed by atoms with Crippen LogP contribution < -0.4 is 5.73 Å². The van der Waals surface area contributed by atoms with Crippen LogP contribution in [0.15, 0.2) is 29.6 Å². The number of thiophene rings is 1. The molecule has 0 unspecified atom stereocenters. The van der Waals surface area contributed by atoms with Crippen LogP contribution in [0.25, 0.3) is 20.1 Å². The summed E-state index contributed by atoms with van der Waals surface area (Å²) in [4.78, 5) is 5.71. The molecule has 1 aromatic carbocycles. The topological polar surface area (TPSA) is 38.9 Å². The molecule has 0 saturated heterocycles. The maximum absolute atomic E-state index is 5.90. The van der Waals surface area contributed by atoms with Crippen molar-refractivity contribution in [1.29, 1.82) is 0 Å². The molecule has 3 rings (SSSR count). The first-order chi connectivity index (χ1) is 7.74. The van der Waals surface area contributed by atoms with Crippen LogP contribution in [-0.2, 0) is 0 Å². The Bertz CT molecular complexity index is 652. The molecular weight excluding hydrogens is 236 g/mol. The van der Waals surface area contributed by atoms with E-state index in [1.54, 1.807) is 22.7 Å². The third kappa shape index (κ3) is 1.50. The number of rotatable bonds is 1. The molecule has 0 fully saturated rings. The Balaban J connectivity index is 2.23. The van der Waals surface area contributed by atoms with Gasteiger partial charge in [-0.3, -0.25) is 0 Å². The van der Waals surface area contributed by atoms with E-state index in [0.717, 1.165) is 21.1 Å². The molecule has 80 valence electrons. The molecule has 2 heterocycles. The lowest BCUT2D eigenvalue weighted by molar-refractivity contribution is 1.45. The second-order valence-corrected chi connectivity index (χ2v) is 5.64. The van der Waals surface area contributed by atoms with Crippen LogP contribution >= 0.6 is 22.7 Å². The summed E-state index contributed by atoms with van der Waals surface area (Å²) in [6.45, 7) is 2.08. The van der Waals surface area contributed by atoms with Gasteiger partial charge in [0.2, 0.25) is 0 Å². The first-order valence-corrected chi connectivity index (χ1v) is 6.64. The number of aryl methyl sites for hydroxylation is 1. The summed E-state index contributed by atoms with van der Waals surface area (Å²) < 4.78 is 1.22. The number of thiazole rings is 1. The van der Waals surface area contributed by atoms with E-state index in [0.29, 0.717) is 0 Å². The number of benzene rings is 1. The Morgan fingerprint density at radius 3 is 2.88 bits per heavy atom. The van der Waals surface area contributed by atoms with Crippen molar-refractivity contribution in [3.63, 3.8) is 0 Å². The SMILES string of the molecule is Cc1ccc2sc(-c3sccc3N)nc2c1. The first-order valence-electron chi connectivity index (χ1n) is 4.94. The molecule has 0 aliphatic heterocycles. The van der Waals surface area contributed by atoms with Gasteiger partial charge in [-0.15, -0.1) is 22.7 Å². The molecule has 0 bridgehead atoms. The Morgan fingerprint density at radius 2 is 2.12 bits per heavy atom. The summed E-state index contributed by atoms with van der Waals surface area (Å²) in [6.07, 6.45) is 0. The standard InChI is InChI=1S/C12H10N2S2/c1-7-2-3-10-9(6-7)14-12(16-10)11-8(13)4-5-15-11/h2-6H,13H2,1H3. The number of nitrogens with two attached hydrogens (primary N) is 1. The Morgan fingerprint density at radius 1 is 1.25 bits per heavy atom. The van der Waals surface area contributed by atoms with E-state index >= 15 is 0 Å². The van der Waals surface area contributed by atoms with Gasteiger partial charge in [-0.05, 0) is 36.1 Å². The van der Waals surface area contributed by atoms with E-state index in [1.807, 2.05) is 11.4 Å². The van der Waals surface area contributed by atoms with Gasteiger partial charge < -0.3 is 5.73 Å². The van der Waals surface area contributed by atoms with Crippen molar-refractivity contribution in [2.24, 2.45) is 0 Å². The molecule has 0 amide bonds. The molecule has 4 heteroatoms. The first kappa shape index (κ1) is 9.81. The molecule has 2 N–H and O–H groups in total. The molecule has 0 radical (unpaired) electrons. The summed E-state index contributed by atoms with van der Waals surface area (Å²) in [5.41, 5.74) is 9.02. The molecule has 0 atom stereocenters. The molecule has 2 nitrogen and oxygen atoms in total. The number of nitrogen functional groups attached to an aromatic ring is 1. The van der Waals surface area contributed by atoms with Crippen LogP contribution in [0, 0.1) is 6.92 Å². The largest absolute Gasteiger partial charge is 0.397 e. The highest BCUT2D eigenvalue weighted by Crippen LogP contribution is 2.36. The lowest BCUT2D eigenvalue weighted by Crippen LogP contribution is -1.82.